The lowest BCUT2D eigenvalue weighted by atomic mass is 10.2. The SMILES string of the molecule is CC(O)CNC(=O)c1ccc(S(C)=O)cc1. The van der Waals surface area contributed by atoms with Crippen molar-refractivity contribution >= 4 is 16.7 Å². The highest BCUT2D eigenvalue weighted by Gasteiger charge is 2.06. The van der Waals surface area contributed by atoms with Crippen molar-refractivity contribution in [1.82, 2.24) is 5.32 Å². The summed E-state index contributed by atoms with van der Waals surface area (Å²) < 4.78 is 11.1. The lowest BCUT2D eigenvalue weighted by molar-refractivity contribution is 0.0924. The van der Waals surface area contributed by atoms with E-state index < -0.39 is 16.9 Å². The second-order valence-electron chi connectivity index (χ2n) is 3.54. The summed E-state index contributed by atoms with van der Waals surface area (Å²) >= 11 is 0. The molecule has 0 spiro atoms. The maximum atomic E-state index is 11.5. The molecule has 1 aromatic rings. The van der Waals surface area contributed by atoms with Gasteiger partial charge in [-0.05, 0) is 31.2 Å². The molecule has 0 aliphatic carbocycles. The van der Waals surface area contributed by atoms with Gasteiger partial charge in [-0.1, -0.05) is 0 Å². The molecule has 1 aromatic carbocycles. The van der Waals surface area contributed by atoms with E-state index in [2.05, 4.69) is 5.32 Å². The predicted molar refractivity (Wildman–Crippen MR) is 62.8 cm³/mol. The summed E-state index contributed by atoms with van der Waals surface area (Å²) in [4.78, 5) is 12.2. The molecule has 5 heteroatoms. The summed E-state index contributed by atoms with van der Waals surface area (Å²) in [7, 11) is -1.03. The summed E-state index contributed by atoms with van der Waals surface area (Å²) in [5, 5.41) is 11.6. The van der Waals surface area contributed by atoms with Crippen LogP contribution in [-0.2, 0) is 10.8 Å². The summed E-state index contributed by atoms with van der Waals surface area (Å²) in [6.07, 6.45) is 1.02. The molecule has 0 heterocycles. The molecule has 0 aromatic heterocycles. The molecule has 88 valence electrons. The molecule has 0 radical (unpaired) electrons. The highest BCUT2D eigenvalue weighted by Crippen LogP contribution is 2.07. The van der Waals surface area contributed by atoms with E-state index in [1.165, 1.54) is 0 Å². The number of aliphatic hydroxyl groups excluding tert-OH is 1. The minimum atomic E-state index is -1.03. The zero-order chi connectivity index (χ0) is 12.1. The first-order chi connectivity index (χ1) is 7.50. The molecule has 2 atom stereocenters. The van der Waals surface area contributed by atoms with Crippen molar-refractivity contribution < 1.29 is 14.1 Å². The number of benzene rings is 1. The monoisotopic (exact) mass is 241 g/mol. The third-order valence-corrected chi connectivity index (χ3v) is 2.94. The number of amides is 1. The molecule has 0 bridgehead atoms. The van der Waals surface area contributed by atoms with Crippen LogP contribution in [0, 0.1) is 0 Å². The zero-order valence-electron chi connectivity index (χ0n) is 9.27. The Bertz CT molecular complexity index is 387. The Balaban J connectivity index is 2.67. The van der Waals surface area contributed by atoms with Gasteiger partial charge in [0, 0.05) is 34.1 Å². The molecule has 0 fully saturated rings. The second-order valence-corrected chi connectivity index (χ2v) is 4.92. The van der Waals surface area contributed by atoms with E-state index in [0.717, 1.165) is 0 Å². The van der Waals surface area contributed by atoms with Gasteiger partial charge in [-0.25, -0.2) is 0 Å². The standard InChI is InChI=1S/C11H15NO3S/c1-8(13)7-12-11(14)9-3-5-10(6-4-9)16(2)15/h3-6,8,13H,7H2,1-2H3,(H,12,14). The van der Waals surface area contributed by atoms with E-state index in [-0.39, 0.29) is 12.5 Å². The van der Waals surface area contributed by atoms with Crippen LogP contribution in [0.5, 0.6) is 0 Å². The van der Waals surface area contributed by atoms with E-state index in [0.29, 0.717) is 10.5 Å². The molecular formula is C11H15NO3S. The van der Waals surface area contributed by atoms with Crippen molar-refractivity contribution in [3.63, 3.8) is 0 Å². The van der Waals surface area contributed by atoms with Gasteiger partial charge >= 0.3 is 0 Å². The van der Waals surface area contributed by atoms with Gasteiger partial charge in [0.15, 0.2) is 0 Å². The van der Waals surface area contributed by atoms with Crippen LogP contribution in [0.2, 0.25) is 0 Å². The topological polar surface area (TPSA) is 66.4 Å². The fraction of sp³-hybridized carbons (Fsp3) is 0.364. The lowest BCUT2D eigenvalue weighted by Crippen LogP contribution is -2.30. The highest BCUT2D eigenvalue weighted by atomic mass is 32.2. The van der Waals surface area contributed by atoms with Crippen molar-refractivity contribution in [3.05, 3.63) is 29.8 Å². The van der Waals surface area contributed by atoms with Crippen LogP contribution in [0.25, 0.3) is 0 Å². The van der Waals surface area contributed by atoms with Crippen molar-refractivity contribution in [2.24, 2.45) is 0 Å². The van der Waals surface area contributed by atoms with Crippen molar-refractivity contribution in [3.8, 4) is 0 Å². The van der Waals surface area contributed by atoms with Gasteiger partial charge in [0.2, 0.25) is 0 Å². The Kier molecular flexibility index (Phi) is 4.64. The van der Waals surface area contributed by atoms with Gasteiger partial charge < -0.3 is 10.4 Å². The molecule has 16 heavy (non-hydrogen) atoms. The number of nitrogens with one attached hydrogen (secondary N) is 1. The number of aliphatic hydroxyl groups is 1. The molecular weight excluding hydrogens is 226 g/mol. The van der Waals surface area contributed by atoms with Crippen LogP contribution in [0.4, 0.5) is 0 Å². The fourth-order valence-electron chi connectivity index (χ4n) is 1.14. The van der Waals surface area contributed by atoms with Crippen LogP contribution >= 0.6 is 0 Å². The van der Waals surface area contributed by atoms with Crippen molar-refractivity contribution in [2.45, 2.75) is 17.9 Å². The first-order valence-corrected chi connectivity index (χ1v) is 6.46. The van der Waals surface area contributed by atoms with Crippen LogP contribution in [-0.4, -0.2) is 34.1 Å². The smallest absolute Gasteiger partial charge is 0.251 e. The Morgan fingerprint density at radius 1 is 1.44 bits per heavy atom. The molecule has 2 unspecified atom stereocenters. The van der Waals surface area contributed by atoms with Gasteiger partial charge in [-0.2, -0.15) is 0 Å². The first-order valence-electron chi connectivity index (χ1n) is 4.90. The van der Waals surface area contributed by atoms with E-state index in [1.54, 1.807) is 37.4 Å². The average Bonchev–Trinajstić information content (AvgIpc) is 2.26. The van der Waals surface area contributed by atoms with Crippen LogP contribution in [0.15, 0.2) is 29.2 Å². The second kappa shape index (κ2) is 5.77. The number of rotatable bonds is 4. The summed E-state index contributed by atoms with van der Waals surface area (Å²) in [6.45, 7) is 1.82. The summed E-state index contributed by atoms with van der Waals surface area (Å²) in [5.41, 5.74) is 0.495. The third kappa shape index (κ3) is 3.75. The van der Waals surface area contributed by atoms with E-state index >= 15 is 0 Å². The molecule has 0 aliphatic rings. The minimum absolute atomic E-state index is 0.223. The first kappa shape index (κ1) is 12.9. The maximum absolute atomic E-state index is 11.5. The number of hydrogen-bond acceptors (Lipinski definition) is 3. The quantitative estimate of drug-likeness (QED) is 0.808. The Hall–Kier alpha value is -1.20. The normalized spacial score (nSPS) is 14.2. The molecule has 1 rings (SSSR count). The van der Waals surface area contributed by atoms with Crippen LogP contribution in [0.3, 0.4) is 0 Å². The number of hydrogen-bond donors (Lipinski definition) is 2. The van der Waals surface area contributed by atoms with Gasteiger partial charge in [0.1, 0.15) is 0 Å². The molecule has 4 nitrogen and oxygen atoms in total. The van der Waals surface area contributed by atoms with Gasteiger partial charge in [0.25, 0.3) is 5.91 Å². The molecule has 0 saturated heterocycles. The zero-order valence-corrected chi connectivity index (χ0v) is 10.1. The number of carbonyl (C=O) groups is 1. The molecule has 2 N–H and O–H groups in total. The Morgan fingerprint density at radius 2 is 2.00 bits per heavy atom. The highest BCUT2D eigenvalue weighted by molar-refractivity contribution is 7.84. The van der Waals surface area contributed by atoms with Crippen LogP contribution < -0.4 is 5.32 Å². The predicted octanol–water partition coefficient (Wildman–Crippen LogP) is 0.535. The van der Waals surface area contributed by atoms with Gasteiger partial charge in [-0.15, -0.1) is 0 Å². The van der Waals surface area contributed by atoms with E-state index in [9.17, 15) is 9.00 Å². The third-order valence-electron chi connectivity index (χ3n) is 2.01. The Labute approximate surface area is 97.1 Å². The molecule has 0 aliphatic heterocycles. The number of carbonyl (C=O) groups excluding carboxylic acids is 1. The fourth-order valence-corrected chi connectivity index (χ4v) is 1.66. The average molecular weight is 241 g/mol. The molecule has 0 saturated carbocycles. The summed E-state index contributed by atoms with van der Waals surface area (Å²) in [5.74, 6) is -0.241. The van der Waals surface area contributed by atoms with Gasteiger partial charge in [-0.3, -0.25) is 9.00 Å². The Morgan fingerprint density at radius 3 is 2.44 bits per heavy atom. The van der Waals surface area contributed by atoms with Crippen molar-refractivity contribution in [1.29, 1.82) is 0 Å². The van der Waals surface area contributed by atoms with Gasteiger partial charge in [0.05, 0.1) is 6.10 Å². The van der Waals surface area contributed by atoms with Crippen molar-refractivity contribution in [2.75, 3.05) is 12.8 Å². The largest absolute Gasteiger partial charge is 0.392 e. The van der Waals surface area contributed by atoms with E-state index in [1.807, 2.05) is 0 Å². The van der Waals surface area contributed by atoms with E-state index in [4.69, 9.17) is 5.11 Å². The van der Waals surface area contributed by atoms with Crippen LogP contribution in [0.1, 0.15) is 17.3 Å². The summed E-state index contributed by atoms with van der Waals surface area (Å²) in [6, 6.07) is 6.56. The lowest BCUT2D eigenvalue weighted by Gasteiger charge is -2.07. The molecule has 1 amide bonds. The maximum Gasteiger partial charge on any atom is 0.251 e. The minimum Gasteiger partial charge on any atom is -0.392 e.